The number of aliphatic imine (C=N–C) groups is 4. The number of halogens is 4. The van der Waals surface area contributed by atoms with Crippen LogP contribution in [0.1, 0.15) is 230 Å². The molecule has 2 amide bonds. The molecule has 0 aliphatic carbocycles. The number of aromatic nitrogens is 12. The highest BCUT2D eigenvalue weighted by Gasteiger charge is 2.39. The lowest BCUT2D eigenvalue weighted by Crippen LogP contribution is -2.31. The number of aryl methyl sites for hydroxylation is 8. The van der Waals surface area contributed by atoms with Crippen LogP contribution in [0.2, 0.25) is 20.1 Å². The standard InChI is InChI=1S/C26H23ClN6O2S.2C23H25ClN4O2S.C19H19ClN6OS/c1-14-15(2)36-26-23(14)24(18-6-8-19(27)9-7-18)29-21(25-32-30-16(3)33(25)26)12-22(35)31-28-13-17-4-10-20(34)11-5-17;2*1-12-13(2)31-22-19(12)20(15-7-9-16(24)10-8-15)25-17(11-18(29)30-23(4,5)6)21-27-26-14(3)28(21)22;1-9-10(2)28-19-16(9)17(12-4-6-13(20)7-5-12)22-14(8-15(27)23-21)18-25-24-11(3)26(18)19/h4-11,13,21,34H,12H2,1-3H3,(H,31,35);2*7-10,17H,11H2,1-6H3;4-7,14H,8,21H2,1-3H3,(H,23,27)/b28-13-;;;/t21-;2*17-;14-/m0101/s1. The van der Waals surface area contributed by atoms with Crippen molar-refractivity contribution in [2.75, 3.05) is 0 Å². The number of nitrogens with two attached hydrogens (primary N) is 1. The van der Waals surface area contributed by atoms with Crippen LogP contribution < -0.4 is 16.7 Å². The number of nitrogens with one attached hydrogen (secondary N) is 2. The van der Waals surface area contributed by atoms with Crippen molar-refractivity contribution in [1.29, 1.82) is 0 Å². The van der Waals surface area contributed by atoms with Gasteiger partial charge in [0.2, 0.25) is 11.8 Å². The number of carbonyl (C=O) groups excluding carboxylic acids is 4. The fourth-order valence-electron chi connectivity index (χ4n) is 14.8. The Labute approximate surface area is 764 Å². The SMILES string of the molecule is Cc1sc2c(c1C)C(c1ccc(Cl)cc1)=N[C@@H](CC(=O)N/N=C\c1ccc(O)cc1)c1nnc(C)n1-2.Cc1sc2c(c1C)C(c1ccc(Cl)cc1)=N[C@@H](CC(=O)OC(C)(C)C)c1nnc(C)n1-2.Cc1sc2c(c1C)C(c1ccc(Cl)cc1)=N[C@H](CC(=O)NN)c1nnc(C)n1-2.Cc1sc2c(c1C)C(c1ccc(Cl)cc1)=N[C@H](CC(=O)OC(C)(C)C)c1nnc(C)n1-2. The molecule has 35 heteroatoms. The average molecular weight is 1850 g/mol. The molecule has 0 fully saturated rings. The Morgan fingerprint density at radius 2 is 0.651 bits per heavy atom. The molecule has 4 atom stereocenters. The zero-order valence-corrected chi connectivity index (χ0v) is 78.8. The number of carbonyl (C=O) groups is 4. The van der Waals surface area contributed by atoms with E-state index in [0.29, 0.717) is 43.4 Å². The highest BCUT2D eigenvalue weighted by molar-refractivity contribution is 7.16. The van der Waals surface area contributed by atoms with Gasteiger partial charge in [-0.1, -0.05) is 94.9 Å². The number of rotatable bonds is 14. The maximum atomic E-state index is 12.9. The van der Waals surface area contributed by atoms with Crippen molar-refractivity contribution in [3.63, 3.8) is 0 Å². The van der Waals surface area contributed by atoms with E-state index >= 15 is 0 Å². The number of amides is 2. The van der Waals surface area contributed by atoms with Crippen molar-refractivity contribution < 1.29 is 33.8 Å². The van der Waals surface area contributed by atoms with E-state index in [-0.39, 0.29) is 55.2 Å². The zero-order valence-electron chi connectivity index (χ0n) is 72.5. The minimum absolute atomic E-state index is 0.0368. The first-order valence-electron chi connectivity index (χ1n) is 40.3. The Bertz CT molecular complexity index is 6340. The maximum absolute atomic E-state index is 12.9. The number of hydrazone groups is 1. The molecule has 4 aliphatic rings. The number of hydrogen-bond acceptors (Lipinski definition) is 25. The maximum Gasteiger partial charge on any atom is 0.308 e. The van der Waals surface area contributed by atoms with Gasteiger partial charge in [0.25, 0.3) is 0 Å². The van der Waals surface area contributed by atoms with Crippen LogP contribution >= 0.6 is 91.8 Å². The third-order valence-electron chi connectivity index (χ3n) is 21.2. The zero-order chi connectivity index (χ0) is 90.4. The summed E-state index contributed by atoms with van der Waals surface area (Å²) in [7, 11) is 0. The summed E-state index contributed by atoms with van der Waals surface area (Å²) in [4.78, 5) is 75.4. The van der Waals surface area contributed by atoms with Gasteiger partial charge in [0, 0.05) is 84.1 Å². The Morgan fingerprint density at radius 1 is 0.397 bits per heavy atom. The topological polar surface area (TPSA) is 342 Å². The minimum Gasteiger partial charge on any atom is -0.508 e. The number of esters is 2. The molecule has 0 unspecified atom stereocenters. The van der Waals surface area contributed by atoms with Crippen molar-refractivity contribution >= 4 is 145 Å². The second-order valence-electron chi connectivity index (χ2n) is 32.6. The van der Waals surface area contributed by atoms with E-state index in [0.717, 1.165) is 138 Å². The first-order chi connectivity index (χ1) is 59.8. The van der Waals surface area contributed by atoms with E-state index < -0.39 is 35.4 Å². The molecule has 13 aromatic rings. The van der Waals surface area contributed by atoms with Gasteiger partial charge in [-0.05, 0) is 225 Å². The third kappa shape index (κ3) is 19.4. The van der Waals surface area contributed by atoms with E-state index in [1.54, 1.807) is 69.6 Å². The van der Waals surface area contributed by atoms with Gasteiger partial charge in [0.05, 0.1) is 54.7 Å². The summed E-state index contributed by atoms with van der Waals surface area (Å²) in [6.07, 6.45) is 1.80. The molecule has 0 spiro atoms. The first kappa shape index (κ1) is 90.8. The van der Waals surface area contributed by atoms with Crippen LogP contribution in [0, 0.1) is 83.1 Å². The summed E-state index contributed by atoms with van der Waals surface area (Å²) in [6, 6.07) is 34.8. The number of hydrazine groups is 1. The van der Waals surface area contributed by atoms with Crippen molar-refractivity contribution in [2.24, 2.45) is 30.9 Å². The second kappa shape index (κ2) is 37.3. The fraction of sp³-hybridized carbons (Fsp3) is 0.308. The van der Waals surface area contributed by atoms with Crippen molar-refractivity contribution in [2.45, 2.75) is 186 Å². The van der Waals surface area contributed by atoms with Crippen molar-refractivity contribution in [3.05, 3.63) is 280 Å². The molecule has 0 radical (unpaired) electrons. The highest BCUT2D eigenvalue weighted by Crippen LogP contribution is 2.46. The van der Waals surface area contributed by atoms with E-state index in [2.05, 4.69) is 112 Å². The van der Waals surface area contributed by atoms with Crippen molar-refractivity contribution in [1.82, 2.24) is 69.9 Å². The van der Waals surface area contributed by atoms with E-state index in [1.165, 1.54) is 25.7 Å². The fourth-order valence-corrected chi connectivity index (χ4v) is 20.2. The first-order valence-corrected chi connectivity index (χ1v) is 45.1. The number of ether oxygens (including phenoxy) is 2. The predicted octanol–water partition coefficient (Wildman–Crippen LogP) is 19.3. The van der Waals surface area contributed by atoms with Gasteiger partial charge < -0.3 is 14.6 Å². The summed E-state index contributed by atoms with van der Waals surface area (Å²) in [5.41, 5.74) is 20.1. The average Bonchev–Trinajstić information content (AvgIpc) is 1.61. The number of aromatic hydroxyl groups is 1. The quantitative estimate of drug-likeness (QED) is 0.0258. The molecule has 5 N–H and O–H groups in total. The summed E-state index contributed by atoms with van der Waals surface area (Å²) in [5.74, 6) is 9.78. The second-order valence-corrected chi connectivity index (χ2v) is 39.1. The molecular formula is C91H92Cl4N20O7S4. The summed E-state index contributed by atoms with van der Waals surface area (Å²) in [6.45, 7) is 35.5. The van der Waals surface area contributed by atoms with Crippen LogP contribution in [0.3, 0.4) is 0 Å². The number of phenolic OH excluding ortho intramolecular Hbond substituents is 1. The number of hydrogen-bond donors (Lipinski definition) is 4. The number of phenols is 1. The number of nitrogens with zero attached hydrogens (tertiary/aromatic N) is 17. The van der Waals surface area contributed by atoms with E-state index in [1.807, 2.05) is 185 Å². The number of benzene rings is 5. The monoisotopic (exact) mass is 1840 g/mol. The van der Waals surface area contributed by atoms with E-state index in [9.17, 15) is 24.3 Å². The molecule has 5 aromatic carbocycles. The Hall–Kier alpha value is -11.4. The molecule has 4 aliphatic heterocycles. The molecule has 17 rings (SSSR count). The minimum atomic E-state index is -0.569. The summed E-state index contributed by atoms with van der Waals surface area (Å²) >= 11 is 31.2. The molecule has 126 heavy (non-hydrogen) atoms. The highest BCUT2D eigenvalue weighted by atomic mass is 35.5. The molecule has 650 valence electrons. The lowest BCUT2D eigenvalue weighted by Gasteiger charge is -2.21. The van der Waals surface area contributed by atoms with Crippen molar-refractivity contribution in [3.8, 4) is 25.8 Å². The van der Waals surface area contributed by atoms with Crippen LogP contribution in [0.25, 0.3) is 20.0 Å². The summed E-state index contributed by atoms with van der Waals surface area (Å²) < 4.78 is 19.2. The van der Waals surface area contributed by atoms with Gasteiger partial charge in [0.1, 0.15) is 84.4 Å². The molecule has 27 nitrogen and oxygen atoms in total. The molecule has 0 saturated heterocycles. The van der Waals surface area contributed by atoms with Gasteiger partial charge in [-0.2, -0.15) is 5.10 Å². The van der Waals surface area contributed by atoms with Gasteiger partial charge in [-0.15, -0.1) is 86.1 Å². The normalized spacial score (nSPS) is 15.4. The van der Waals surface area contributed by atoms with Gasteiger partial charge in [-0.25, -0.2) is 11.3 Å². The number of thiophene rings is 4. The molecule has 12 heterocycles. The Kier molecular flexibility index (Phi) is 26.9. The van der Waals surface area contributed by atoms with Gasteiger partial charge in [-0.3, -0.25) is 62.8 Å². The van der Waals surface area contributed by atoms with Gasteiger partial charge >= 0.3 is 11.9 Å². The molecule has 0 bridgehead atoms. The van der Waals surface area contributed by atoms with Crippen LogP contribution in [-0.2, 0) is 28.7 Å². The van der Waals surface area contributed by atoms with Crippen LogP contribution in [0.5, 0.6) is 5.75 Å². The van der Waals surface area contributed by atoms with Crippen LogP contribution in [-0.4, -0.2) is 128 Å². The predicted molar refractivity (Wildman–Crippen MR) is 499 cm³/mol. The lowest BCUT2D eigenvalue weighted by molar-refractivity contribution is -0.156. The van der Waals surface area contributed by atoms with E-state index in [4.69, 9.17) is 81.7 Å². The third-order valence-corrected chi connectivity index (χ3v) is 27.0. The Balaban J connectivity index is 0.000000137. The molecule has 0 saturated carbocycles. The number of fused-ring (bicyclic) bond motifs is 12. The Morgan fingerprint density at radius 3 is 0.905 bits per heavy atom. The van der Waals surface area contributed by atoms with Crippen LogP contribution in [0.15, 0.2) is 146 Å². The largest absolute Gasteiger partial charge is 0.508 e. The van der Waals surface area contributed by atoms with Gasteiger partial charge in [0.15, 0.2) is 23.3 Å². The smallest absolute Gasteiger partial charge is 0.308 e. The lowest BCUT2D eigenvalue weighted by atomic mass is 9.99. The molecular weight excluding hydrogens is 1760 g/mol. The summed E-state index contributed by atoms with van der Waals surface area (Å²) in [5, 5.41) is 54.8. The molecule has 8 aromatic heterocycles. The van der Waals surface area contributed by atoms with Crippen LogP contribution in [0.4, 0.5) is 0 Å².